The molecule has 1 aromatic carbocycles. The van der Waals surface area contributed by atoms with Crippen molar-refractivity contribution >= 4 is 5.91 Å². The number of allylic oxidation sites excluding steroid dienone is 3. The van der Waals surface area contributed by atoms with E-state index in [1.807, 2.05) is 37.3 Å². The second-order valence-electron chi connectivity index (χ2n) is 3.41. The van der Waals surface area contributed by atoms with Gasteiger partial charge >= 0.3 is 0 Å². The zero-order valence-corrected chi connectivity index (χ0v) is 9.52. The molecule has 1 aromatic rings. The lowest BCUT2D eigenvalue weighted by Gasteiger charge is -2.01. The van der Waals surface area contributed by atoms with Crippen molar-refractivity contribution in [3.8, 4) is 0 Å². The summed E-state index contributed by atoms with van der Waals surface area (Å²) < 4.78 is 0. The summed E-state index contributed by atoms with van der Waals surface area (Å²) in [4.78, 5) is 11.3. The summed E-state index contributed by atoms with van der Waals surface area (Å²) in [5.41, 5.74) is 1.24. The van der Waals surface area contributed by atoms with Crippen LogP contribution in [-0.2, 0) is 11.2 Å². The molecule has 0 heterocycles. The normalized spacial score (nSPS) is 11.1. The van der Waals surface area contributed by atoms with Gasteiger partial charge in [-0.05, 0) is 18.9 Å². The summed E-state index contributed by atoms with van der Waals surface area (Å²) in [7, 11) is 0. The van der Waals surface area contributed by atoms with Crippen LogP contribution in [0.5, 0.6) is 0 Å². The monoisotopic (exact) mass is 215 g/mol. The minimum absolute atomic E-state index is 0.0472. The summed E-state index contributed by atoms with van der Waals surface area (Å²) in [6, 6.07) is 10.1. The molecule has 0 aromatic heterocycles. The standard InChI is InChI=1S/C14H17NO/c1-2-3-5-10-14(16)15-12-11-13-8-6-4-7-9-13/h2-10H,11-12H2,1H3,(H,15,16). The van der Waals surface area contributed by atoms with Crippen LogP contribution < -0.4 is 5.32 Å². The van der Waals surface area contributed by atoms with Crippen molar-refractivity contribution in [2.24, 2.45) is 0 Å². The first kappa shape index (κ1) is 12.2. The van der Waals surface area contributed by atoms with Crippen molar-refractivity contribution in [3.63, 3.8) is 0 Å². The van der Waals surface area contributed by atoms with Crippen LogP contribution in [-0.4, -0.2) is 12.5 Å². The third kappa shape index (κ3) is 5.15. The maximum absolute atomic E-state index is 11.3. The van der Waals surface area contributed by atoms with E-state index in [4.69, 9.17) is 0 Å². The number of benzene rings is 1. The smallest absolute Gasteiger partial charge is 0.243 e. The fraction of sp³-hybridized carbons (Fsp3) is 0.214. The Hall–Kier alpha value is -1.83. The second-order valence-corrected chi connectivity index (χ2v) is 3.41. The molecule has 2 nitrogen and oxygen atoms in total. The van der Waals surface area contributed by atoms with Gasteiger partial charge in [0, 0.05) is 12.6 Å². The maximum Gasteiger partial charge on any atom is 0.243 e. The van der Waals surface area contributed by atoms with Crippen LogP contribution in [0.15, 0.2) is 54.6 Å². The molecule has 16 heavy (non-hydrogen) atoms. The molecule has 0 aliphatic carbocycles. The van der Waals surface area contributed by atoms with Crippen LogP contribution >= 0.6 is 0 Å². The van der Waals surface area contributed by atoms with Crippen LogP contribution in [0.3, 0.4) is 0 Å². The number of nitrogens with one attached hydrogen (secondary N) is 1. The lowest BCUT2D eigenvalue weighted by molar-refractivity contribution is -0.116. The minimum Gasteiger partial charge on any atom is -0.352 e. The molecule has 1 amide bonds. The number of hydrogen-bond acceptors (Lipinski definition) is 1. The summed E-state index contributed by atoms with van der Waals surface area (Å²) in [6.45, 7) is 2.58. The summed E-state index contributed by atoms with van der Waals surface area (Å²) >= 11 is 0. The average Bonchev–Trinajstić information content (AvgIpc) is 2.31. The average molecular weight is 215 g/mol. The fourth-order valence-corrected chi connectivity index (χ4v) is 1.29. The van der Waals surface area contributed by atoms with E-state index in [-0.39, 0.29) is 5.91 Å². The Morgan fingerprint density at radius 1 is 1.25 bits per heavy atom. The van der Waals surface area contributed by atoms with Gasteiger partial charge in [-0.3, -0.25) is 4.79 Å². The molecule has 0 saturated heterocycles. The number of rotatable bonds is 5. The third-order valence-electron chi connectivity index (χ3n) is 2.11. The molecule has 84 valence electrons. The highest BCUT2D eigenvalue weighted by molar-refractivity contribution is 5.87. The van der Waals surface area contributed by atoms with Crippen LogP contribution in [0, 0.1) is 0 Å². The third-order valence-corrected chi connectivity index (χ3v) is 2.11. The van der Waals surface area contributed by atoms with Gasteiger partial charge in [-0.15, -0.1) is 0 Å². The summed E-state index contributed by atoms with van der Waals surface area (Å²) in [6.07, 6.45) is 7.84. The van der Waals surface area contributed by atoms with Gasteiger partial charge in [0.2, 0.25) is 5.91 Å². The largest absolute Gasteiger partial charge is 0.352 e. The van der Waals surface area contributed by atoms with Crippen molar-refractivity contribution < 1.29 is 4.79 Å². The fourth-order valence-electron chi connectivity index (χ4n) is 1.29. The van der Waals surface area contributed by atoms with Gasteiger partial charge in [0.25, 0.3) is 0 Å². The lowest BCUT2D eigenvalue weighted by Crippen LogP contribution is -2.23. The first-order valence-electron chi connectivity index (χ1n) is 5.44. The molecule has 0 saturated carbocycles. The predicted molar refractivity (Wildman–Crippen MR) is 67.1 cm³/mol. The van der Waals surface area contributed by atoms with E-state index in [0.717, 1.165) is 6.42 Å². The van der Waals surface area contributed by atoms with Gasteiger partial charge in [-0.25, -0.2) is 0 Å². The van der Waals surface area contributed by atoms with Crippen LogP contribution in [0.1, 0.15) is 12.5 Å². The molecule has 2 heteroatoms. The first-order chi connectivity index (χ1) is 7.83. The van der Waals surface area contributed by atoms with E-state index in [9.17, 15) is 4.79 Å². The molecule has 1 rings (SSSR count). The van der Waals surface area contributed by atoms with E-state index < -0.39 is 0 Å². The second kappa shape index (κ2) is 7.46. The minimum atomic E-state index is -0.0472. The number of carbonyl (C=O) groups excluding carboxylic acids is 1. The Bertz CT molecular complexity index is 366. The zero-order valence-electron chi connectivity index (χ0n) is 9.52. The molecule has 0 aliphatic heterocycles. The van der Waals surface area contributed by atoms with Crippen molar-refractivity contribution in [1.29, 1.82) is 0 Å². The number of amides is 1. The number of carbonyl (C=O) groups is 1. The molecule has 0 unspecified atom stereocenters. The molecule has 0 fully saturated rings. The van der Waals surface area contributed by atoms with Crippen molar-refractivity contribution in [3.05, 3.63) is 60.2 Å². The quantitative estimate of drug-likeness (QED) is 0.593. The first-order valence-corrected chi connectivity index (χ1v) is 5.44. The highest BCUT2D eigenvalue weighted by Crippen LogP contribution is 1.97. The molecule has 0 aliphatic rings. The Morgan fingerprint density at radius 3 is 2.69 bits per heavy atom. The predicted octanol–water partition coefficient (Wildman–Crippen LogP) is 2.48. The Morgan fingerprint density at radius 2 is 2.00 bits per heavy atom. The van der Waals surface area contributed by atoms with E-state index in [2.05, 4.69) is 17.4 Å². The molecule has 0 bridgehead atoms. The topological polar surface area (TPSA) is 29.1 Å². The zero-order chi connectivity index (χ0) is 11.6. The summed E-state index contributed by atoms with van der Waals surface area (Å²) in [5.74, 6) is -0.0472. The van der Waals surface area contributed by atoms with Crippen molar-refractivity contribution in [2.75, 3.05) is 6.54 Å². The molecule has 1 N–H and O–H groups in total. The van der Waals surface area contributed by atoms with E-state index in [1.54, 1.807) is 6.08 Å². The maximum atomic E-state index is 11.3. The van der Waals surface area contributed by atoms with E-state index in [0.29, 0.717) is 6.54 Å². The highest BCUT2D eigenvalue weighted by Gasteiger charge is 1.94. The van der Waals surface area contributed by atoms with Gasteiger partial charge in [0.15, 0.2) is 0 Å². The van der Waals surface area contributed by atoms with Gasteiger partial charge in [0.05, 0.1) is 0 Å². The summed E-state index contributed by atoms with van der Waals surface area (Å²) in [5, 5.41) is 2.83. The number of hydrogen-bond donors (Lipinski definition) is 1. The van der Waals surface area contributed by atoms with Crippen molar-refractivity contribution in [1.82, 2.24) is 5.32 Å². The van der Waals surface area contributed by atoms with Gasteiger partial charge in [-0.2, -0.15) is 0 Å². The molecular weight excluding hydrogens is 198 g/mol. The van der Waals surface area contributed by atoms with E-state index >= 15 is 0 Å². The molecule has 0 spiro atoms. The Balaban J connectivity index is 2.23. The Kier molecular flexibility index (Phi) is 5.71. The van der Waals surface area contributed by atoms with Gasteiger partial charge in [0.1, 0.15) is 0 Å². The SMILES string of the molecule is CC=CC=CC(=O)NCCc1ccccc1. The molecule has 0 atom stereocenters. The van der Waals surface area contributed by atoms with Crippen molar-refractivity contribution in [2.45, 2.75) is 13.3 Å². The van der Waals surface area contributed by atoms with Gasteiger partial charge < -0.3 is 5.32 Å². The van der Waals surface area contributed by atoms with E-state index in [1.165, 1.54) is 11.6 Å². The van der Waals surface area contributed by atoms with Gasteiger partial charge in [-0.1, -0.05) is 48.6 Å². The van der Waals surface area contributed by atoms with Crippen LogP contribution in [0.25, 0.3) is 0 Å². The molecular formula is C14H17NO. The van der Waals surface area contributed by atoms with Crippen LogP contribution in [0.4, 0.5) is 0 Å². The lowest BCUT2D eigenvalue weighted by atomic mass is 10.1. The van der Waals surface area contributed by atoms with Crippen LogP contribution in [0.2, 0.25) is 0 Å². The molecule has 0 radical (unpaired) electrons. The Labute approximate surface area is 96.7 Å². The highest BCUT2D eigenvalue weighted by atomic mass is 16.1.